The molecule has 8 nitrogen and oxygen atoms in total. The molecule has 0 aromatic heterocycles. The highest BCUT2D eigenvalue weighted by molar-refractivity contribution is 5.95. The fourth-order valence-corrected chi connectivity index (χ4v) is 12.6. The van der Waals surface area contributed by atoms with Gasteiger partial charge in [-0.1, -0.05) is 60.5 Å². The van der Waals surface area contributed by atoms with Crippen molar-refractivity contribution in [1.82, 2.24) is 4.90 Å². The third-order valence-corrected chi connectivity index (χ3v) is 16.7. The minimum absolute atomic E-state index is 0. The first kappa shape index (κ1) is 45.0. The van der Waals surface area contributed by atoms with E-state index in [4.69, 9.17) is 14.2 Å². The summed E-state index contributed by atoms with van der Waals surface area (Å²) in [5.41, 5.74) is 0.142. The first-order chi connectivity index (χ1) is 25.9. The second kappa shape index (κ2) is 17.2. The Kier molecular flexibility index (Phi) is 13.8. The molecule has 316 valence electrons. The zero-order valence-corrected chi connectivity index (χ0v) is 36.7. The number of ether oxygens (including phenoxy) is 3. The smallest absolute Gasteiger partial charge is 0.309 e. The number of carboxylic acid groups (broad SMARTS) is 1. The van der Waals surface area contributed by atoms with Crippen LogP contribution >= 0.6 is 12.4 Å². The molecule has 7 rings (SSSR count). The Morgan fingerprint density at radius 2 is 1.46 bits per heavy atom. The molecule has 0 spiro atoms. The van der Waals surface area contributed by atoms with E-state index in [1.807, 2.05) is 37.3 Å². The van der Waals surface area contributed by atoms with Crippen molar-refractivity contribution in [2.24, 2.45) is 50.2 Å². The second-order valence-corrected chi connectivity index (χ2v) is 20.3. The molecule has 9 heteroatoms. The Bertz CT molecular complexity index is 1560. The summed E-state index contributed by atoms with van der Waals surface area (Å²) >= 11 is 0. The van der Waals surface area contributed by atoms with Crippen molar-refractivity contribution < 1.29 is 34.0 Å². The highest BCUT2D eigenvalue weighted by atomic mass is 35.5. The maximum atomic E-state index is 14.2. The lowest BCUT2D eigenvalue weighted by atomic mass is 9.33. The number of allylic oxidation sites excluding steroid dienone is 2. The van der Waals surface area contributed by atoms with Crippen LogP contribution in [0.3, 0.4) is 0 Å². The number of hydrogen-bond acceptors (Lipinski definition) is 7. The van der Waals surface area contributed by atoms with E-state index in [9.17, 15) is 19.8 Å². The number of carbonyl (C=O) groups excluding carboxylic acids is 1. The van der Waals surface area contributed by atoms with Crippen molar-refractivity contribution >= 4 is 24.2 Å². The van der Waals surface area contributed by atoms with E-state index < -0.39 is 11.4 Å². The Morgan fingerprint density at radius 1 is 0.857 bits per heavy atom. The van der Waals surface area contributed by atoms with E-state index in [2.05, 4.69) is 53.4 Å². The van der Waals surface area contributed by atoms with Crippen molar-refractivity contribution in [3.8, 4) is 11.5 Å². The number of halogens is 1. The number of rotatable bonds is 10. The average molecular weight is 801 g/mol. The predicted molar refractivity (Wildman–Crippen MR) is 225 cm³/mol. The fraction of sp³-hybridized carbons (Fsp3) is 0.787. The minimum atomic E-state index is -0.711. The number of ketones is 1. The number of unbranched alkanes of at least 4 members (excludes halogenated alkanes) is 1. The number of fused-ring (bicyclic) bond motifs is 7. The first-order valence-corrected chi connectivity index (χ1v) is 21.8. The second-order valence-electron chi connectivity index (χ2n) is 20.3. The normalized spacial score (nSPS) is 38.8. The first-order valence-electron chi connectivity index (χ1n) is 21.8. The van der Waals surface area contributed by atoms with Crippen molar-refractivity contribution in [3.63, 3.8) is 0 Å². The zero-order chi connectivity index (χ0) is 39.9. The van der Waals surface area contributed by atoms with Crippen LogP contribution in [0.2, 0.25) is 0 Å². The summed E-state index contributed by atoms with van der Waals surface area (Å²) in [6, 6.07) is 7.92. The lowest BCUT2D eigenvalue weighted by Gasteiger charge is -2.70. The topological polar surface area (TPSA) is 106 Å². The lowest BCUT2D eigenvalue weighted by molar-refractivity contribution is -0.202. The van der Waals surface area contributed by atoms with Crippen LogP contribution in [0.1, 0.15) is 132 Å². The zero-order valence-electron chi connectivity index (χ0n) is 35.9. The Labute approximate surface area is 344 Å². The van der Waals surface area contributed by atoms with Gasteiger partial charge in [-0.3, -0.25) is 14.5 Å². The van der Waals surface area contributed by atoms with Crippen LogP contribution in [0.15, 0.2) is 35.9 Å². The summed E-state index contributed by atoms with van der Waals surface area (Å²) in [5, 5.41) is 20.9. The standard InChI is InChI=1S/C30H46O4.C17H27NO3.ClH/c1-25(2)21-8-11-30(7)23(28(21,5)10-9-22(25)32)20(31)16-18-19-17-27(4,24(33)34)13-12-26(19,3)14-15-29(18,30)6;1-2-3-12-20-16-5-7-17(8-6-16)21-13-4-9-18-10-14-19-15-11-18;/h16,19,21-23,32H,8-15,17H2,1-7H3,(H,33,34);5-8H,2-4,9-15H2,1H3;1H. The van der Waals surface area contributed by atoms with Gasteiger partial charge in [-0.05, 0) is 147 Å². The van der Waals surface area contributed by atoms with Crippen LogP contribution in [0.25, 0.3) is 0 Å². The number of hydrogen-bond donors (Lipinski definition) is 2. The van der Waals surface area contributed by atoms with Crippen molar-refractivity contribution in [3.05, 3.63) is 35.9 Å². The van der Waals surface area contributed by atoms with Gasteiger partial charge >= 0.3 is 5.97 Å². The van der Waals surface area contributed by atoms with Gasteiger partial charge in [0.1, 0.15) is 11.5 Å². The highest BCUT2D eigenvalue weighted by Crippen LogP contribution is 2.75. The van der Waals surface area contributed by atoms with Crippen LogP contribution in [0, 0.1) is 50.2 Å². The van der Waals surface area contributed by atoms with E-state index >= 15 is 0 Å². The molecule has 0 amide bonds. The largest absolute Gasteiger partial charge is 0.494 e. The SMILES string of the molecule is CC1(C(=O)O)CCC2(C)CCC3(C)C(=CC(=O)C4C5(C)CCC(O)C(C)(C)C5CCC43C)C2C1.CCCCOc1ccc(OCCCN2CCOCC2)cc1.Cl. The van der Waals surface area contributed by atoms with E-state index in [0.717, 1.165) is 128 Å². The van der Waals surface area contributed by atoms with Crippen molar-refractivity contribution in [2.75, 3.05) is 46.1 Å². The molecule has 2 N–H and O–H groups in total. The number of nitrogens with zero attached hydrogens (tertiary/aromatic N) is 1. The third kappa shape index (κ3) is 8.21. The quantitative estimate of drug-likeness (QED) is 0.226. The number of aliphatic hydroxyl groups excluding tert-OH is 1. The number of carbonyl (C=O) groups is 2. The van der Waals surface area contributed by atoms with Gasteiger partial charge < -0.3 is 24.4 Å². The predicted octanol–water partition coefficient (Wildman–Crippen LogP) is 9.80. The molecule has 1 aliphatic heterocycles. The molecule has 5 aliphatic carbocycles. The molecule has 56 heavy (non-hydrogen) atoms. The van der Waals surface area contributed by atoms with Gasteiger partial charge in [-0.25, -0.2) is 0 Å². The molecule has 1 saturated heterocycles. The van der Waals surface area contributed by atoms with Gasteiger partial charge in [-0.2, -0.15) is 0 Å². The number of benzene rings is 1. The lowest BCUT2D eigenvalue weighted by Crippen LogP contribution is -2.66. The third-order valence-electron chi connectivity index (χ3n) is 16.7. The molecule has 9 atom stereocenters. The average Bonchev–Trinajstić information content (AvgIpc) is 3.15. The number of aliphatic hydroxyl groups is 1. The molecule has 0 bridgehead atoms. The monoisotopic (exact) mass is 800 g/mol. The number of carboxylic acids is 1. The van der Waals surface area contributed by atoms with Crippen LogP contribution in [0.5, 0.6) is 11.5 Å². The van der Waals surface area contributed by atoms with E-state index in [1.165, 1.54) is 5.57 Å². The molecule has 6 aliphatic rings. The molecule has 0 radical (unpaired) electrons. The van der Waals surface area contributed by atoms with Crippen LogP contribution in [-0.2, 0) is 14.3 Å². The fourth-order valence-electron chi connectivity index (χ4n) is 12.6. The van der Waals surface area contributed by atoms with Gasteiger partial charge in [-0.15, -0.1) is 12.4 Å². The Balaban J connectivity index is 0.000000236. The number of morpholine rings is 1. The van der Waals surface area contributed by atoms with E-state index in [1.54, 1.807) is 0 Å². The van der Waals surface area contributed by atoms with Gasteiger partial charge in [0.2, 0.25) is 0 Å². The highest BCUT2D eigenvalue weighted by Gasteiger charge is 2.70. The van der Waals surface area contributed by atoms with Gasteiger partial charge in [0.25, 0.3) is 0 Å². The summed E-state index contributed by atoms with van der Waals surface area (Å²) in [5.74, 6) is 1.90. The molecule has 1 heterocycles. The van der Waals surface area contributed by atoms with E-state index in [-0.39, 0.29) is 63.2 Å². The van der Waals surface area contributed by atoms with Crippen LogP contribution in [0.4, 0.5) is 0 Å². The maximum absolute atomic E-state index is 14.2. The molecular formula is C47H74ClNO7. The number of aliphatic carboxylic acids is 1. The Hall–Kier alpha value is -2.13. The summed E-state index contributed by atoms with van der Waals surface area (Å²) in [6.07, 6.45) is 13.3. The van der Waals surface area contributed by atoms with Crippen LogP contribution < -0.4 is 9.47 Å². The molecule has 5 fully saturated rings. The minimum Gasteiger partial charge on any atom is -0.494 e. The molecular weight excluding hydrogens is 726 g/mol. The summed E-state index contributed by atoms with van der Waals surface area (Å²) in [6.45, 7) is 24.4. The maximum Gasteiger partial charge on any atom is 0.309 e. The van der Waals surface area contributed by atoms with Gasteiger partial charge in [0, 0.05) is 25.6 Å². The van der Waals surface area contributed by atoms with Gasteiger partial charge in [0.05, 0.1) is 37.9 Å². The van der Waals surface area contributed by atoms with E-state index in [0.29, 0.717) is 12.3 Å². The van der Waals surface area contributed by atoms with Crippen molar-refractivity contribution in [1.29, 1.82) is 0 Å². The Morgan fingerprint density at radius 3 is 2.07 bits per heavy atom. The van der Waals surface area contributed by atoms with Gasteiger partial charge in [0.15, 0.2) is 5.78 Å². The molecule has 4 saturated carbocycles. The summed E-state index contributed by atoms with van der Waals surface area (Å²) < 4.78 is 16.7. The summed E-state index contributed by atoms with van der Waals surface area (Å²) in [4.78, 5) is 28.9. The summed E-state index contributed by atoms with van der Waals surface area (Å²) in [7, 11) is 0. The van der Waals surface area contributed by atoms with Crippen molar-refractivity contribution in [2.45, 2.75) is 139 Å². The molecule has 1 aromatic rings. The molecule has 9 unspecified atom stereocenters. The van der Waals surface area contributed by atoms with Crippen LogP contribution in [-0.4, -0.2) is 79.0 Å². The molecule has 1 aromatic carbocycles.